The molecule has 1 N–H and O–H groups in total. The Morgan fingerprint density at radius 1 is 1.06 bits per heavy atom. The summed E-state index contributed by atoms with van der Waals surface area (Å²) in [6.45, 7) is 5.51. The third-order valence-electron chi connectivity index (χ3n) is 6.27. The molecular formula is C26H31F4NO2. The largest absolute Gasteiger partial charge is 0.481 e. The molecule has 0 aliphatic carbocycles. The summed E-state index contributed by atoms with van der Waals surface area (Å²) in [4.78, 5) is 13.5. The van der Waals surface area contributed by atoms with E-state index in [2.05, 4.69) is 18.7 Å². The Balaban J connectivity index is 2.05. The van der Waals surface area contributed by atoms with Crippen molar-refractivity contribution < 1.29 is 27.5 Å². The van der Waals surface area contributed by atoms with Gasteiger partial charge in [0.15, 0.2) is 0 Å². The van der Waals surface area contributed by atoms with E-state index in [1.165, 1.54) is 12.1 Å². The Labute approximate surface area is 192 Å². The number of carboxylic acid groups (broad SMARTS) is 1. The van der Waals surface area contributed by atoms with E-state index < -0.39 is 23.9 Å². The van der Waals surface area contributed by atoms with E-state index in [1.54, 1.807) is 12.1 Å². The molecule has 7 heteroatoms. The van der Waals surface area contributed by atoms with Crippen LogP contribution >= 0.6 is 0 Å². The first-order valence-electron chi connectivity index (χ1n) is 11.4. The van der Waals surface area contributed by atoms with Gasteiger partial charge in [-0.3, -0.25) is 9.69 Å². The number of hydrogen-bond acceptors (Lipinski definition) is 2. The summed E-state index contributed by atoms with van der Waals surface area (Å²) >= 11 is 0. The highest BCUT2D eigenvalue weighted by atomic mass is 19.4. The number of piperidine rings is 1. The van der Waals surface area contributed by atoms with Crippen LogP contribution in [0, 0.1) is 5.92 Å². The van der Waals surface area contributed by atoms with Crippen LogP contribution < -0.4 is 0 Å². The van der Waals surface area contributed by atoms with Gasteiger partial charge < -0.3 is 5.11 Å². The number of nitrogens with zero attached hydrogens (tertiary/aromatic N) is 1. The molecule has 3 rings (SSSR count). The van der Waals surface area contributed by atoms with Crippen molar-refractivity contribution in [3.8, 4) is 11.1 Å². The predicted octanol–water partition coefficient (Wildman–Crippen LogP) is 6.91. The summed E-state index contributed by atoms with van der Waals surface area (Å²) in [6.07, 6.45) is -2.69. The minimum atomic E-state index is -4.43. The molecule has 2 aromatic carbocycles. The van der Waals surface area contributed by atoms with Crippen LogP contribution in [-0.4, -0.2) is 35.2 Å². The molecule has 0 aromatic heterocycles. The molecule has 1 aliphatic rings. The molecule has 33 heavy (non-hydrogen) atoms. The van der Waals surface area contributed by atoms with E-state index in [-0.39, 0.29) is 12.5 Å². The summed E-state index contributed by atoms with van der Waals surface area (Å²) in [5.74, 6) is -0.505. The zero-order chi connectivity index (χ0) is 24.2. The zero-order valence-electron chi connectivity index (χ0n) is 19.0. The van der Waals surface area contributed by atoms with Gasteiger partial charge in [0.1, 0.15) is 6.17 Å². The molecular weight excluding hydrogens is 434 g/mol. The van der Waals surface area contributed by atoms with Crippen LogP contribution in [-0.2, 0) is 17.4 Å². The molecule has 0 saturated carbocycles. The molecule has 1 fully saturated rings. The SMILES string of the molecule is CC(C)CCC(c1ccc(CC(=O)O)cc1-c1ccc(C(F)(F)F)cc1)N1CCC(F)CC1. The number of halogens is 4. The summed E-state index contributed by atoms with van der Waals surface area (Å²) in [7, 11) is 0. The van der Waals surface area contributed by atoms with Crippen LogP contribution in [0.25, 0.3) is 11.1 Å². The number of aliphatic carboxylic acids is 1. The second-order valence-electron chi connectivity index (χ2n) is 9.26. The highest BCUT2D eigenvalue weighted by Gasteiger charge is 2.31. The number of carboxylic acids is 1. The molecule has 1 atom stereocenters. The maximum atomic E-state index is 13.8. The number of benzene rings is 2. The molecule has 1 aliphatic heterocycles. The topological polar surface area (TPSA) is 40.5 Å². The van der Waals surface area contributed by atoms with Gasteiger partial charge in [-0.1, -0.05) is 44.2 Å². The van der Waals surface area contributed by atoms with Crippen LogP contribution in [0.15, 0.2) is 42.5 Å². The Kier molecular flexibility index (Phi) is 8.16. The van der Waals surface area contributed by atoms with Crippen LogP contribution in [0.4, 0.5) is 17.6 Å². The van der Waals surface area contributed by atoms with Gasteiger partial charge in [-0.25, -0.2) is 4.39 Å². The summed E-state index contributed by atoms with van der Waals surface area (Å²) in [5.41, 5.74) is 2.16. The van der Waals surface area contributed by atoms with Gasteiger partial charge in [-0.2, -0.15) is 13.2 Å². The molecule has 0 spiro atoms. The number of carbonyl (C=O) groups is 1. The maximum Gasteiger partial charge on any atom is 0.416 e. The van der Waals surface area contributed by atoms with Crippen molar-refractivity contribution in [1.29, 1.82) is 0 Å². The zero-order valence-corrected chi connectivity index (χ0v) is 19.0. The Morgan fingerprint density at radius 3 is 2.24 bits per heavy atom. The van der Waals surface area contributed by atoms with Crippen LogP contribution in [0.1, 0.15) is 62.3 Å². The molecule has 3 nitrogen and oxygen atoms in total. The van der Waals surface area contributed by atoms with Gasteiger partial charge in [0.05, 0.1) is 12.0 Å². The molecule has 0 bridgehead atoms. The monoisotopic (exact) mass is 465 g/mol. The van der Waals surface area contributed by atoms with E-state index >= 15 is 0 Å². The van der Waals surface area contributed by atoms with Gasteiger partial charge in [0.25, 0.3) is 0 Å². The third kappa shape index (κ3) is 6.79. The molecule has 1 heterocycles. The fraction of sp³-hybridized carbons (Fsp3) is 0.500. The Hall–Kier alpha value is -2.41. The molecule has 1 saturated heterocycles. The van der Waals surface area contributed by atoms with Crippen molar-refractivity contribution in [1.82, 2.24) is 4.90 Å². The van der Waals surface area contributed by atoms with E-state index in [9.17, 15) is 27.5 Å². The number of hydrogen-bond donors (Lipinski definition) is 1. The maximum absolute atomic E-state index is 13.8. The summed E-state index contributed by atoms with van der Waals surface area (Å²) < 4.78 is 53.1. The Morgan fingerprint density at radius 2 is 1.70 bits per heavy atom. The number of rotatable bonds is 8. The van der Waals surface area contributed by atoms with Crippen molar-refractivity contribution in [2.45, 2.75) is 64.3 Å². The fourth-order valence-electron chi connectivity index (χ4n) is 4.47. The first-order chi connectivity index (χ1) is 15.5. The lowest BCUT2D eigenvalue weighted by Crippen LogP contribution is -2.37. The van der Waals surface area contributed by atoms with Crippen molar-refractivity contribution >= 4 is 5.97 Å². The van der Waals surface area contributed by atoms with E-state index in [0.717, 1.165) is 36.1 Å². The average molecular weight is 466 g/mol. The lowest BCUT2D eigenvalue weighted by molar-refractivity contribution is -0.138. The number of alkyl halides is 4. The summed E-state index contributed by atoms with van der Waals surface area (Å²) in [5, 5.41) is 9.24. The fourth-order valence-corrected chi connectivity index (χ4v) is 4.47. The van der Waals surface area contributed by atoms with Gasteiger partial charge in [0, 0.05) is 19.1 Å². The van der Waals surface area contributed by atoms with Crippen molar-refractivity contribution in [2.75, 3.05) is 13.1 Å². The van der Waals surface area contributed by atoms with Crippen molar-refractivity contribution in [2.24, 2.45) is 5.92 Å². The summed E-state index contributed by atoms with van der Waals surface area (Å²) in [6, 6.07) is 10.4. The highest BCUT2D eigenvalue weighted by molar-refractivity contribution is 5.74. The minimum absolute atomic E-state index is 0.0175. The predicted molar refractivity (Wildman–Crippen MR) is 121 cm³/mol. The molecule has 2 aromatic rings. The normalized spacial score (nSPS) is 16.8. The van der Waals surface area contributed by atoms with Crippen molar-refractivity contribution in [3.05, 3.63) is 59.2 Å². The average Bonchev–Trinajstić information content (AvgIpc) is 2.74. The molecule has 0 radical (unpaired) electrons. The van der Waals surface area contributed by atoms with Gasteiger partial charge in [0.2, 0.25) is 0 Å². The first-order valence-corrected chi connectivity index (χ1v) is 11.4. The standard InChI is InChI=1S/C26H31F4NO2/c1-17(2)3-10-24(31-13-11-21(27)12-14-31)22-9-4-18(16-25(32)33)15-23(22)19-5-7-20(8-6-19)26(28,29)30/h4-9,15,17,21,24H,3,10-14,16H2,1-2H3,(H,32,33). The second kappa shape index (κ2) is 10.7. The van der Waals surface area contributed by atoms with Gasteiger partial charge >= 0.3 is 12.1 Å². The van der Waals surface area contributed by atoms with Gasteiger partial charge in [-0.15, -0.1) is 0 Å². The van der Waals surface area contributed by atoms with Crippen LogP contribution in [0.3, 0.4) is 0 Å². The lowest BCUT2D eigenvalue weighted by Gasteiger charge is -2.37. The van der Waals surface area contributed by atoms with E-state index in [1.807, 2.05) is 6.07 Å². The second-order valence-corrected chi connectivity index (χ2v) is 9.26. The lowest BCUT2D eigenvalue weighted by atomic mass is 9.87. The first kappa shape index (κ1) is 25.2. The van der Waals surface area contributed by atoms with Crippen molar-refractivity contribution in [3.63, 3.8) is 0 Å². The smallest absolute Gasteiger partial charge is 0.416 e. The number of likely N-dealkylation sites (tertiary alicyclic amines) is 1. The van der Waals surface area contributed by atoms with Crippen LogP contribution in [0.2, 0.25) is 0 Å². The third-order valence-corrected chi connectivity index (χ3v) is 6.27. The quantitative estimate of drug-likeness (QED) is 0.431. The van der Waals surface area contributed by atoms with Crippen LogP contribution in [0.5, 0.6) is 0 Å². The molecule has 1 unspecified atom stereocenters. The van der Waals surface area contributed by atoms with E-state index in [0.29, 0.717) is 43.0 Å². The minimum Gasteiger partial charge on any atom is -0.481 e. The molecule has 180 valence electrons. The highest BCUT2D eigenvalue weighted by Crippen LogP contribution is 2.38. The van der Waals surface area contributed by atoms with Gasteiger partial charge in [-0.05, 0) is 66.0 Å². The molecule has 0 amide bonds. The van der Waals surface area contributed by atoms with E-state index in [4.69, 9.17) is 0 Å². The Bertz CT molecular complexity index is 932.